The lowest BCUT2D eigenvalue weighted by Crippen LogP contribution is -2.28. The van der Waals surface area contributed by atoms with Crippen molar-refractivity contribution in [3.05, 3.63) is 53.2 Å². The van der Waals surface area contributed by atoms with E-state index in [4.69, 9.17) is 11.6 Å². The molecule has 1 atom stereocenters. The smallest absolute Gasteiger partial charge is 0.353 e. The maximum Gasteiger partial charge on any atom is 0.434 e. The Morgan fingerprint density at radius 1 is 0.943 bits per heavy atom. The van der Waals surface area contributed by atoms with E-state index < -0.39 is 24.1 Å². The third-order valence-corrected chi connectivity index (χ3v) is 5.31. The number of nitrogens with one attached hydrogen (secondary N) is 1. The molecule has 3 aromatic heterocycles. The fraction of sp³-hybridized carbons (Fsp3) is 0.333. The van der Waals surface area contributed by atoms with Gasteiger partial charge in [0.15, 0.2) is 17.0 Å². The van der Waals surface area contributed by atoms with E-state index in [0.29, 0.717) is 0 Å². The first kappa shape index (κ1) is 24.8. The van der Waals surface area contributed by atoms with E-state index in [1.807, 2.05) is 0 Å². The Morgan fingerprint density at radius 3 is 2.17 bits per heavy atom. The quantitative estimate of drug-likeness (QED) is 0.252. The Hall–Kier alpha value is -3.35. The van der Waals surface area contributed by atoms with Crippen LogP contribution in [-0.2, 0) is 13.2 Å². The number of hydrogen-bond acceptors (Lipinski definition) is 5. The molecule has 4 aromatic rings. The van der Waals surface area contributed by atoms with Gasteiger partial charge >= 0.3 is 12.4 Å². The molecule has 0 amide bonds. The van der Waals surface area contributed by atoms with E-state index in [1.54, 1.807) is 20.9 Å². The molecule has 0 aliphatic rings. The van der Waals surface area contributed by atoms with Crippen molar-refractivity contribution >= 4 is 28.5 Å². The molecule has 7 nitrogen and oxygen atoms in total. The molecule has 186 valence electrons. The standard InChI is InChI=1S/C21H18ClF6N7/c1-10(2)35-9-14(20(23,24)25)30-18(35)12-6-4-11(5-7-12)16(21(26,27)28)31-17-15-13(8-34(3)33-15)29-19(22)32-17/h4-10,16H,1-3H3,(H,29,31,32)/t16-/m1/s1. The number of aromatic nitrogens is 6. The predicted octanol–water partition coefficient (Wildman–Crippen LogP) is 6.20. The van der Waals surface area contributed by atoms with Crippen LogP contribution in [0.15, 0.2) is 36.7 Å². The molecule has 35 heavy (non-hydrogen) atoms. The number of fused-ring (bicyclic) bond motifs is 1. The number of anilines is 1. The molecule has 0 radical (unpaired) electrons. The van der Waals surface area contributed by atoms with Crippen molar-refractivity contribution in [1.82, 2.24) is 29.3 Å². The average molecular weight is 518 g/mol. The highest BCUT2D eigenvalue weighted by Crippen LogP contribution is 2.38. The first-order chi connectivity index (χ1) is 16.2. The number of hydrogen-bond donors (Lipinski definition) is 1. The van der Waals surface area contributed by atoms with E-state index >= 15 is 0 Å². The molecule has 1 N–H and O–H groups in total. The fourth-order valence-corrected chi connectivity index (χ4v) is 3.73. The molecular formula is C21H18ClF6N7. The number of nitrogens with zero attached hydrogens (tertiary/aromatic N) is 6. The monoisotopic (exact) mass is 517 g/mol. The van der Waals surface area contributed by atoms with Crippen LogP contribution in [0, 0.1) is 0 Å². The second kappa shape index (κ2) is 8.70. The van der Waals surface area contributed by atoms with Crippen molar-refractivity contribution < 1.29 is 26.3 Å². The zero-order valence-electron chi connectivity index (χ0n) is 18.4. The maximum atomic E-state index is 14.0. The first-order valence-corrected chi connectivity index (χ1v) is 10.6. The van der Waals surface area contributed by atoms with Gasteiger partial charge in [-0.3, -0.25) is 4.68 Å². The summed E-state index contributed by atoms with van der Waals surface area (Å²) in [4.78, 5) is 11.5. The van der Waals surface area contributed by atoms with Gasteiger partial charge in [-0.1, -0.05) is 24.3 Å². The predicted molar refractivity (Wildman–Crippen MR) is 117 cm³/mol. The summed E-state index contributed by atoms with van der Waals surface area (Å²) in [5.74, 6) is -0.217. The second-order valence-electron chi connectivity index (χ2n) is 8.07. The van der Waals surface area contributed by atoms with Crippen LogP contribution in [0.2, 0.25) is 5.28 Å². The van der Waals surface area contributed by atoms with E-state index in [9.17, 15) is 26.3 Å². The molecular weight excluding hydrogens is 500 g/mol. The van der Waals surface area contributed by atoms with Crippen LogP contribution in [0.5, 0.6) is 0 Å². The van der Waals surface area contributed by atoms with Crippen LogP contribution in [0.3, 0.4) is 0 Å². The summed E-state index contributed by atoms with van der Waals surface area (Å²) in [7, 11) is 1.57. The Kier molecular flexibility index (Phi) is 6.16. The summed E-state index contributed by atoms with van der Waals surface area (Å²) >= 11 is 5.87. The van der Waals surface area contributed by atoms with E-state index in [2.05, 4.69) is 25.4 Å². The number of imidazole rings is 1. The number of alkyl halides is 6. The minimum atomic E-state index is -4.75. The summed E-state index contributed by atoms with van der Waals surface area (Å²) in [6, 6.07) is 2.36. The SMILES string of the molecule is CC(C)n1cc(C(F)(F)F)nc1-c1ccc([C@@H](Nc2nc(Cl)nc3cn(C)nc23)C(F)(F)F)cc1. The van der Waals surface area contributed by atoms with Gasteiger partial charge in [0.1, 0.15) is 17.4 Å². The highest BCUT2D eigenvalue weighted by atomic mass is 35.5. The summed E-state index contributed by atoms with van der Waals surface area (Å²) in [6.07, 6.45) is -7.04. The van der Waals surface area contributed by atoms with Crippen LogP contribution < -0.4 is 5.32 Å². The lowest BCUT2D eigenvalue weighted by molar-refractivity contribution is -0.144. The van der Waals surface area contributed by atoms with Crippen molar-refractivity contribution in [3.63, 3.8) is 0 Å². The fourth-order valence-electron chi connectivity index (χ4n) is 3.55. The third-order valence-electron chi connectivity index (χ3n) is 5.14. The van der Waals surface area contributed by atoms with E-state index in [0.717, 1.165) is 6.20 Å². The highest BCUT2D eigenvalue weighted by Gasteiger charge is 2.42. The van der Waals surface area contributed by atoms with Gasteiger partial charge < -0.3 is 9.88 Å². The average Bonchev–Trinajstić information content (AvgIpc) is 3.34. The van der Waals surface area contributed by atoms with Gasteiger partial charge in [0.2, 0.25) is 5.28 Å². The molecule has 0 saturated heterocycles. The first-order valence-electron chi connectivity index (χ1n) is 10.2. The molecule has 0 fully saturated rings. The summed E-state index contributed by atoms with van der Waals surface area (Å²) < 4.78 is 84.3. The summed E-state index contributed by atoms with van der Waals surface area (Å²) in [5.41, 5.74) is -0.691. The van der Waals surface area contributed by atoms with Crippen molar-refractivity contribution in [2.45, 2.75) is 38.3 Å². The van der Waals surface area contributed by atoms with Crippen molar-refractivity contribution in [3.8, 4) is 11.4 Å². The molecule has 0 unspecified atom stereocenters. The second-order valence-corrected chi connectivity index (χ2v) is 8.41. The molecule has 0 bridgehead atoms. The topological polar surface area (TPSA) is 73.5 Å². The molecule has 3 heterocycles. The normalized spacial score (nSPS) is 13.6. The summed E-state index contributed by atoms with van der Waals surface area (Å²) in [5, 5.41) is 6.17. The third kappa shape index (κ3) is 5.04. The molecule has 14 heteroatoms. The van der Waals surface area contributed by atoms with Gasteiger partial charge in [0.05, 0.1) is 6.20 Å². The lowest BCUT2D eigenvalue weighted by atomic mass is 10.0. The van der Waals surface area contributed by atoms with Gasteiger partial charge in [-0.05, 0) is 31.0 Å². The number of halogens is 7. The lowest BCUT2D eigenvalue weighted by Gasteiger charge is -2.23. The van der Waals surface area contributed by atoms with Crippen LogP contribution in [0.25, 0.3) is 22.4 Å². The molecule has 0 aliphatic carbocycles. The highest BCUT2D eigenvalue weighted by molar-refractivity contribution is 6.28. The number of benzene rings is 1. The Morgan fingerprint density at radius 2 is 1.60 bits per heavy atom. The van der Waals surface area contributed by atoms with Gasteiger partial charge in [-0.15, -0.1) is 0 Å². The maximum absolute atomic E-state index is 14.0. The van der Waals surface area contributed by atoms with Gasteiger partial charge in [-0.2, -0.15) is 36.4 Å². The molecule has 1 aromatic carbocycles. The number of aryl methyl sites for hydroxylation is 1. The van der Waals surface area contributed by atoms with Crippen molar-refractivity contribution in [1.29, 1.82) is 0 Å². The Balaban J connectivity index is 1.72. The largest absolute Gasteiger partial charge is 0.434 e. The van der Waals surface area contributed by atoms with Crippen molar-refractivity contribution in [2.75, 3.05) is 5.32 Å². The zero-order chi connectivity index (χ0) is 25.7. The van der Waals surface area contributed by atoms with E-state index in [1.165, 1.54) is 39.7 Å². The van der Waals surface area contributed by atoms with Gasteiger partial charge in [0, 0.05) is 24.8 Å². The molecule has 0 saturated carbocycles. The Bertz CT molecular complexity index is 1360. The minimum absolute atomic E-state index is 0.00632. The van der Waals surface area contributed by atoms with Crippen LogP contribution in [0.1, 0.15) is 37.2 Å². The Labute approximate surface area is 199 Å². The molecule has 0 aliphatic heterocycles. The van der Waals surface area contributed by atoms with Crippen LogP contribution in [0.4, 0.5) is 32.2 Å². The molecule has 0 spiro atoms. The van der Waals surface area contributed by atoms with Crippen LogP contribution in [-0.4, -0.2) is 35.5 Å². The van der Waals surface area contributed by atoms with Gasteiger partial charge in [0.25, 0.3) is 0 Å². The minimum Gasteiger partial charge on any atom is -0.353 e. The zero-order valence-corrected chi connectivity index (χ0v) is 19.2. The number of rotatable bonds is 5. The van der Waals surface area contributed by atoms with Crippen molar-refractivity contribution in [2.24, 2.45) is 7.05 Å². The van der Waals surface area contributed by atoms with Crippen LogP contribution >= 0.6 is 11.6 Å². The summed E-state index contributed by atoms with van der Waals surface area (Å²) in [6.45, 7) is 3.35. The van der Waals surface area contributed by atoms with E-state index in [-0.39, 0.29) is 45.1 Å². The molecule has 4 rings (SSSR count). The van der Waals surface area contributed by atoms with Gasteiger partial charge in [-0.25, -0.2) is 9.97 Å².